The van der Waals surface area contributed by atoms with E-state index in [1.807, 2.05) is 0 Å². The summed E-state index contributed by atoms with van der Waals surface area (Å²) in [6, 6.07) is 4.42. The molecule has 0 saturated carbocycles. The van der Waals surface area contributed by atoms with E-state index in [1.54, 1.807) is 0 Å². The van der Waals surface area contributed by atoms with E-state index < -0.39 is 5.97 Å². The van der Waals surface area contributed by atoms with Gasteiger partial charge in [0.1, 0.15) is 0 Å². The fraction of sp³-hybridized carbons (Fsp3) is 0.0909. The van der Waals surface area contributed by atoms with Crippen LogP contribution in [0.15, 0.2) is 24.4 Å². The van der Waals surface area contributed by atoms with E-state index in [1.165, 1.54) is 36.1 Å². The maximum atomic E-state index is 11.4. The van der Waals surface area contributed by atoms with E-state index >= 15 is 0 Å². The second-order valence-electron chi connectivity index (χ2n) is 3.53. The lowest BCUT2D eigenvalue weighted by atomic mass is 10.3. The third kappa shape index (κ3) is 2.55. The minimum absolute atomic E-state index is 0.0370. The Bertz CT molecular complexity index is 653. The lowest BCUT2D eigenvalue weighted by Crippen LogP contribution is -2.18. The lowest BCUT2D eigenvalue weighted by molar-refractivity contribution is 0.0690. The second-order valence-corrected chi connectivity index (χ2v) is 3.94. The highest BCUT2D eigenvalue weighted by Crippen LogP contribution is 2.16. The Balaban J connectivity index is 2.42. The van der Waals surface area contributed by atoms with Crippen molar-refractivity contribution < 1.29 is 14.7 Å². The molecule has 0 aliphatic rings. The maximum Gasteiger partial charge on any atom is 0.356 e. The number of rotatable bonds is 3. The fourth-order valence-corrected chi connectivity index (χ4v) is 1.60. The van der Waals surface area contributed by atoms with Crippen LogP contribution in [0, 0.1) is 0 Å². The fourth-order valence-electron chi connectivity index (χ4n) is 1.41. The molecule has 98 valence electrons. The van der Waals surface area contributed by atoms with Gasteiger partial charge in [0.15, 0.2) is 17.2 Å². The molecule has 2 aromatic heterocycles. The molecule has 2 rings (SSSR count). The predicted molar refractivity (Wildman–Crippen MR) is 66.7 cm³/mol. The number of hydrogen-bond acceptors (Lipinski definition) is 4. The molecule has 0 saturated heterocycles. The van der Waals surface area contributed by atoms with Crippen molar-refractivity contribution in [3.05, 3.63) is 40.8 Å². The first kappa shape index (κ1) is 13.0. The second kappa shape index (κ2) is 5.07. The molecule has 1 amide bonds. The summed E-state index contributed by atoms with van der Waals surface area (Å²) < 4.78 is 1.30. The number of carbonyl (C=O) groups is 2. The van der Waals surface area contributed by atoms with Gasteiger partial charge in [-0.25, -0.2) is 14.5 Å². The van der Waals surface area contributed by atoms with Crippen LogP contribution in [0.1, 0.15) is 21.0 Å². The van der Waals surface area contributed by atoms with Gasteiger partial charge >= 0.3 is 5.97 Å². The van der Waals surface area contributed by atoms with Gasteiger partial charge < -0.3 is 10.4 Å². The first-order valence-electron chi connectivity index (χ1n) is 5.21. The van der Waals surface area contributed by atoms with Crippen molar-refractivity contribution in [1.29, 1.82) is 0 Å². The summed E-state index contributed by atoms with van der Waals surface area (Å²) in [6.45, 7) is 0. The van der Waals surface area contributed by atoms with Crippen molar-refractivity contribution in [2.75, 3.05) is 7.05 Å². The molecule has 19 heavy (non-hydrogen) atoms. The van der Waals surface area contributed by atoms with Crippen molar-refractivity contribution in [1.82, 2.24) is 20.1 Å². The zero-order valence-electron chi connectivity index (χ0n) is 9.79. The van der Waals surface area contributed by atoms with Gasteiger partial charge in [-0.2, -0.15) is 5.10 Å². The van der Waals surface area contributed by atoms with E-state index in [0.29, 0.717) is 0 Å². The Morgan fingerprint density at radius 2 is 2.11 bits per heavy atom. The number of pyridine rings is 1. The van der Waals surface area contributed by atoms with Crippen molar-refractivity contribution >= 4 is 23.5 Å². The number of hydrogen-bond donors (Lipinski definition) is 2. The Hall–Kier alpha value is -2.41. The van der Waals surface area contributed by atoms with Gasteiger partial charge in [0.05, 0.1) is 5.02 Å². The molecular weight excluding hydrogens is 272 g/mol. The average molecular weight is 281 g/mol. The third-order valence-electron chi connectivity index (χ3n) is 2.32. The van der Waals surface area contributed by atoms with Crippen molar-refractivity contribution in [3.63, 3.8) is 0 Å². The zero-order chi connectivity index (χ0) is 14.0. The van der Waals surface area contributed by atoms with Crippen LogP contribution in [0.4, 0.5) is 0 Å². The molecule has 0 aromatic carbocycles. The Labute approximate surface area is 112 Å². The summed E-state index contributed by atoms with van der Waals surface area (Å²) >= 11 is 5.72. The Kier molecular flexibility index (Phi) is 3.48. The lowest BCUT2D eigenvalue weighted by Gasteiger charge is -2.03. The van der Waals surface area contributed by atoms with Gasteiger partial charge in [-0.1, -0.05) is 11.6 Å². The highest BCUT2D eigenvalue weighted by atomic mass is 35.5. The molecular formula is C11H9ClN4O3. The molecule has 0 unspecified atom stereocenters. The van der Waals surface area contributed by atoms with Crippen LogP contribution in [0.3, 0.4) is 0 Å². The normalized spacial score (nSPS) is 10.2. The third-order valence-corrected chi connectivity index (χ3v) is 2.62. The maximum absolute atomic E-state index is 11.4. The van der Waals surface area contributed by atoms with E-state index in [-0.39, 0.29) is 28.1 Å². The molecule has 0 radical (unpaired) electrons. The van der Waals surface area contributed by atoms with Gasteiger partial charge in [0, 0.05) is 13.2 Å². The molecule has 0 bridgehead atoms. The van der Waals surface area contributed by atoms with Crippen LogP contribution >= 0.6 is 11.6 Å². The molecule has 8 heteroatoms. The number of carbonyl (C=O) groups excluding carboxylic acids is 1. The van der Waals surface area contributed by atoms with Gasteiger partial charge in [-0.05, 0) is 18.2 Å². The molecule has 0 aliphatic heterocycles. The number of nitrogens with one attached hydrogen (secondary N) is 1. The topological polar surface area (TPSA) is 97.1 Å². The van der Waals surface area contributed by atoms with Gasteiger partial charge in [-0.15, -0.1) is 0 Å². The minimum atomic E-state index is -1.23. The predicted octanol–water partition coefficient (Wildman–Crippen LogP) is 0.979. The van der Waals surface area contributed by atoms with Crippen LogP contribution in [0.5, 0.6) is 0 Å². The molecule has 0 aliphatic carbocycles. The van der Waals surface area contributed by atoms with E-state index in [0.717, 1.165) is 0 Å². The van der Waals surface area contributed by atoms with Gasteiger partial charge in [-0.3, -0.25) is 4.79 Å². The molecule has 7 nitrogen and oxygen atoms in total. The quantitative estimate of drug-likeness (QED) is 0.873. The van der Waals surface area contributed by atoms with Crippen molar-refractivity contribution in [2.45, 2.75) is 0 Å². The number of aromatic carboxylic acids is 1. The minimum Gasteiger partial charge on any atom is -0.476 e. The van der Waals surface area contributed by atoms with Gasteiger partial charge in [0.25, 0.3) is 5.91 Å². The smallest absolute Gasteiger partial charge is 0.356 e. The number of nitrogens with zero attached hydrogens (tertiary/aromatic N) is 3. The Morgan fingerprint density at radius 1 is 1.37 bits per heavy atom. The van der Waals surface area contributed by atoms with Crippen LogP contribution in [0.25, 0.3) is 5.82 Å². The summed E-state index contributed by atoms with van der Waals surface area (Å²) in [4.78, 5) is 26.2. The summed E-state index contributed by atoms with van der Waals surface area (Å²) in [6.07, 6.45) is 1.51. The number of amides is 1. The van der Waals surface area contributed by atoms with Crippen LogP contribution < -0.4 is 5.32 Å². The van der Waals surface area contributed by atoms with Crippen LogP contribution in [0.2, 0.25) is 5.02 Å². The molecule has 0 spiro atoms. The zero-order valence-corrected chi connectivity index (χ0v) is 10.5. The molecule has 2 N–H and O–H groups in total. The SMILES string of the molecule is CNC(=O)c1ccn(-c2ccc(Cl)c(C(=O)O)n2)n1. The summed E-state index contributed by atoms with van der Waals surface area (Å²) in [5.74, 6) is -1.31. The first-order chi connectivity index (χ1) is 9.02. The van der Waals surface area contributed by atoms with E-state index in [4.69, 9.17) is 16.7 Å². The standard InChI is InChI=1S/C11H9ClN4O3/c1-13-10(17)7-4-5-16(15-7)8-3-2-6(12)9(14-8)11(18)19/h2-5H,1H3,(H,13,17)(H,18,19). The van der Waals surface area contributed by atoms with E-state index in [2.05, 4.69) is 15.4 Å². The number of halogens is 1. The van der Waals surface area contributed by atoms with E-state index in [9.17, 15) is 9.59 Å². The highest BCUT2D eigenvalue weighted by molar-refractivity contribution is 6.33. The monoisotopic (exact) mass is 280 g/mol. The molecule has 2 aromatic rings. The largest absolute Gasteiger partial charge is 0.476 e. The molecule has 0 atom stereocenters. The highest BCUT2D eigenvalue weighted by Gasteiger charge is 2.14. The molecule has 2 heterocycles. The van der Waals surface area contributed by atoms with Gasteiger partial charge in [0.2, 0.25) is 0 Å². The summed E-state index contributed by atoms with van der Waals surface area (Å²) in [5, 5.41) is 15.4. The number of carboxylic acid groups (broad SMARTS) is 1. The average Bonchev–Trinajstić information content (AvgIpc) is 2.87. The van der Waals surface area contributed by atoms with Crippen molar-refractivity contribution in [3.8, 4) is 5.82 Å². The molecule has 0 fully saturated rings. The van der Waals surface area contributed by atoms with Crippen LogP contribution in [-0.4, -0.2) is 38.8 Å². The van der Waals surface area contributed by atoms with Crippen LogP contribution in [-0.2, 0) is 0 Å². The number of carboxylic acids is 1. The first-order valence-corrected chi connectivity index (χ1v) is 5.58. The summed E-state index contributed by atoms with van der Waals surface area (Å²) in [5.41, 5.74) is -0.0627. The Morgan fingerprint density at radius 3 is 2.74 bits per heavy atom. The summed E-state index contributed by atoms with van der Waals surface area (Å²) in [7, 11) is 1.49. The van der Waals surface area contributed by atoms with Crippen molar-refractivity contribution in [2.24, 2.45) is 0 Å². The number of aromatic nitrogens is 3.